The Morgan fingerprint density at radius 1 is 0.767 bits per heavy atom. The predicted molar refractivity (Wildman–Crippen MR) is 120 cm³/mol. The van der Waals surface area contributed by atoms with Crippen molar-refractivity contribution in [1.29, 1.82) is 0 Å². The third-order valence-electron chi connectivity index (χ3n) is 5.76. The zero-order valence-electron chi connectivity index (χ0n) is 18.5. The highest BCUT2D eigenvalue weighted by molar-refractivity contribution is 5.82. The lowest BCUT2D eigenvalue weighted by Gasteiger charge is -2.25. The van der Waals surface area contributed by atoms with E-state index >= 15 is 0 Å². The fourth-order valence-corrected chi connectivity index (χ4v) is 3.87. The first kappa shape index (κ1) is 24.2. The van der Waals surface area contributed by atoms with Crippen LogP contribution in [0.3, 0.4) is 0 Å². The van der Waals surface area contributed by atoms with Crippen molar-refractivity contribution < 1.29 is 19.1 Å². The van der Waals surface area contributed by atoms with Crippen LogP contribution < -0.4 is 0 Å². The molecule has 0 radical (unpaired) electrons. The molecule has 0 amide bonds. The van der Waals surface area contributed by atoms with E-state index in [1.807, 2.05) is 42.5 Å². The second-order valence-corrected chi connectivity index (χ2v) is 8.20. The Balaban J connectivity index is 1.65. The van der Waals surface area contributed by atoms with Gasteiger partial charge in [-0.25, -0.2) is 0 Å². The molecule has 2 rings (SSSR count). The molecule has 0 fully saturated rings. The summed E-state index contributed by atoms with van der Waals surface area (Å²) >= 11 is 0. The number of hydrogen-bond acceptors (Lipinski definition) is 4. The minimum absolute atomic E-state index is 0.257. The van der Waals surface area contributed by atoms with Gasteiger partial charge in [0.25, 0.3) is 0 Å². The van der Waals surface area contributed by atoms with Gasteiger partial charge in [0.05, 0.1) is 25.0 Å². The zero-order chi connectivity index (χ0) is 21.4. The van der Waals surface area contributed by atoms with Gasteiger partial charge in [0.1, 0.15) is 0 Å². The van der Waals surface area contributed by atoms with Gasteiger partial charge in [-0.1, -0.05) is 94.4 Å². The van der Waals surface area contributed by atoms with Crippen LogP contribution >= 0.6 is 0 Å². The van der Waals surface area contributed by atoms with Crippen LogP contribution in [0.1, 0.15) is 76.7 Å². The first-order valence-electron chi connectivity index (χ1n) is 11.7. The molecule has 1 aliphatic rings. The van der Waals surface area contributed by atoms with Crippen molar-refractivity contribution in [3.63, 3.8) is 0 Å². The molecule has 1 aliphatic carbocycles. The number of unbranched alkanes of at least 4 members (excludes halogenated alkanes) is 7. The Bertz CT molecular complexity index is 638. The summed E-state index contributed by atoms with van der Waals surface area (Å²) in [5.41, 5.74) is 1.13. The van der Waals surface area contributed by atoms with Crippen molar-refractivity contribution in [2.24, 2.45) is 11.8 Å². The molecular weight excluding hydrogens is 376 g/mol. The van der Waals surface area contributed by atoms with E-state index in [0.717, 1.165) is 18.4 Å². The summed E-state index contributed by atoms with van der Waals surface area (Å²) in [6, 6.07) is 9.95. The molecule has 166 valence electrons. The number of hydrogen-bond donors (Lipinski definition) is 0. The van der Waals surface area contributed by atoms with Crippen molar-refractivity contribution in [2.45, 2.75) is 77.6 Å². The van der Waals surface area contributed by atoms with Crippen LogP contribution in [0, 0.1) is 11.8 Å². The molecule has 2 atom stereocenters. The fourth-order valence-electron chi connectivity index (χ4n) is 3.87. The molecule has 0 aromatic heterocycles. The van der Waals surface area contributed by atoms with Crippen LogP contribution in [0.5, 0.6) is 0 Å². The lowest BCUT2D eigenvalue weighted by molar-refractivity contribution is -0.161. The van der Waals surface area contributed by atoms with Gasteiger partial charge < -0.3 is 9.47 Å². The average Bonchev–Trinajstić information content (AvgIpc) is 2.78. The largest absolute Gasteiger partial charge is 0.465 e. The van der Waals surface area contributed by atoms with Crippen LogP contribution in [-0.2, 0) is 25.5 Å². The van der Waals surface area contributed by atoms with E-state index in [9.17, 15) is 9.59 Å². The number of carbonyl (C=O) groups excluding carboxylic acids is 2. The molecule has 4 heteroatoms. The normalized spacial score (nSPS) is 18.2. The van der Waals surface area contributed by atoms with Gasteiger partial charge in [-0.2, -0.15) is 0 Å². The second-order valence-electron chi connectivity index (χ2n) is 8.20. The minimum Gasteiger partial charge on any atom is -0.465 e. The van der Waals surface area contributed by atoms with Crippen molar-refractivity contribution in [2.75, 3.05) is 13.2 Å². The molecule has 1 aromatic rings. The van der Waals surface area contributed by atoms with E-state index in [4.69, 9.17) is 9.47 Å². The van der Waals surface area contributed by atoms with E-state index in [1.54, 1.807) is 0 Å². The van der Waals surface area contributed by atoms with Crippen molar-refractivity contribution >= 4 is 11.9 Å². The number of rotatable bonds is 14. The van der Waals surface area contributed by atoms with Crippen LogP contribution in [0.2, 0.25) is 0 Å². The Kier molecular flexibility index (Phi) is 11.9. The number of carbonyl (C=O) groups is 2. The highest BCUT2D eigenvalue weighted by Gasteiger charge is 2.36. The van der Waals surface area contributed by atoms with Crippen molar-refractivity contribution in [3.8, 4) is 0 Å². The van der Waals surface area contributed by atoms with Gasteiger partial charge >= 0.3 is 11.9 Å². The van der Waals surface area contributed by atoms with Crippen molar-refractivity contribution in [3.05, 3.63) is 48.0 Å². The van der Waals surface area contributed by atoms with Crippen LogP contribution in [0.4, 0.5) is 0 Å². The van der Waals surface area contributed by atoms with E-state index in [1.165, 1.54) is 38.5 Å². The van der Waals surface area contributed by atoms with Gasteiger partial charge in [-0.05, 0) is 24.8 Å². The SMILES string of the molecule is CCCCCCCCCCOC(=O)C1CC=CCC1C(=O)OCCc1ccccc1. The Labute approximate surface area is 182 Å². The summed E-state index contributed by atoms with van der Waals surface area (Å²) in [6.45, 7) is 3.01. The molecule has 4 nitrogen and oxygen atoms in total. The zero-order valence-corrected chi connectivity index (χ0v) is 18.5. The molecule has 2 unspecified atom stereocenters. The molecular formula is C26H38O4. The number of esters is 2. The van der Waals surface area contributed by atoms with Crippen LogP contribution in [-0.4, -0.2) is 25.2 Å². The summed E-state index contributed by atoms with van der Waals surface area (Å²) in [4.78, 5) is 25.1. The molecule has 0 spiro atoms. The Morgan fingerprint density at radius 3 is 1.90 bits per heavy atom. The molecule has 0 saturated carbocycles. The summed E-state index contributed by atoms with van der Waals surface area (Å²) in [6.07, 6.45) is 15.4. The van der Waals surface area contributed by atoms with Gasteiger partial charge in [0, 0.05) is 6.42 Å². The standard InChI is InChI=1S/C26H38O4/c1-2-3-4-5-6-7-8-14-20-29-25(27)23-17-12-13-18-24(23)26(28)30-21-19-22-15-10-9-11-16-22/h9-13,15-16,23-24H,2-8,14,17-21H2,1H3. The highest BCUT2D eigenvalue weighted by atomic mass is 16.5. The first-order chi connectivity index (χ1) is 14.7. The van der Waals surface area contributed by atoms with E-state index in [2.05, 4.69) is 6.92 Å². The third-order valence-corrected chi connectivity index (χ3v) is 5.76. The number of benzene rings is 1. The van der Waals surface area contributed by atoms with E-state index in [0.29, 0.717) is 32.5 Å². The van der Waals surface area contributed by atoms with E-state index in [-0.39, 0.29) is 11.9 Å². The van der Waals surface area contributed by atoms with Crippen molar-refractivity contribution in [1.82, 2.24) is 0 Å². The quantitative estimate of drug-likeness (QED) is 0.212. The van der Waals surface area contributed by atoms with E-state index < -0.39 is 11.8 Å². The summed E-state index contributed by atoms with van der Waals surface area (Å²) in [7, 11) is 0. The molecule has 0 N–H and O–H groups in total. The molecule has 1 aromatic carbocycles. The van der Waals surface area contributed by atoms with Gasteiger partial charge in [0.2, 0.25) is 0 Å². The highest BCUT2D eigenvalue weighted by Crippen LogP contribution is 2.28. The minimum atomic E-state index is -0.433. The fraction of sp³-hybridized carbons (Fsp3) is 0.615. The monoisotopic (exact) mass is 414 g/mol. The molecule has 0 heterocycles. The maximum Gasteiger partial charge on any atom is 0.310 e. The number of ether oxygens (including phenoxy) is 2. The Hall–Kier alpha value is -2.10. The number of allylic oxidation sites excluding steroid dienone is 2. The topological polar surface area (TPSA) is 52.6 Å². The summed E-state index contributed by atoms with van der Waals surface area (Å²) < 4.78 is 11.0. The smallest absolute Gasteiger partial charge is 0.310 e. The molecule has 0 bridgehead atoms. The van der Waals surface area contributed by atoms with Gasteiger partial charge in [-0.15, -0.1) is 0 Å². The second kappa shape index (κ2) is 14.8. The lowest BCUT2D eigenvalue weighted by Crippen LogP contribution is -2.34. The maximum absolute atomic E-state index is 12.6. The lowest BCUT2D eigenvalue weighted by atomic mass is 9.83. The Morgan fingerprint density at radius 2 is 1.30 bits per heavy atom. The first-order valence-corrected chi connectivity index (χ1v) is 11.7. The van der Waals surface area contributed by atoms with Crippen LogP contribution in [0.15, 0.2) is 42.5 Å². The van der Waals surface area contributed by atoms with Crippen LogP contribution in [0.25, 0.3) is 0 Å². The summed E-state index contributed by atoms with van der Waals surface area (Å²) in [5, 5.41) is 0. The van der Waals surface area contributed by atoms with Gasteiger partial charge in [-0.3, -0.25) is 9.59 Å². The predicted octanol–water partition coefficient (Wildman–Crippen LogP) is 6.04. The third kappa shape index (κ3) is 9.15. The molecule has 30 heavy (non-hydrogen) atoms. The average molecular weight is 415 g/mol. The molecule has 0 aliphatic heterocycles. The summed E-state index contributed by atoms with van der Waals surface area (Å²) in [5.74, 6) is -1.40. The van der Waals surface area contributed by atoms with Gasteiger partial charge in [0.15, 0.2) is 0 Å². The molecule has 0 saturated heterocycles. The maximum atomic E-state index is 12.6.